The zero-order valence-electron chi connectivity index (χ0n) is 8.61. The molecule has 8 heteroatoms. The van der Waals surface area contributed by atoms with Gasteiger partial charge in [-0.25, -0.2) is 4.39 Å². The third-order valence-corrected chi connectivity index (χ3v) is 2.16. The maximum absolute atomic E-state index is 13.1. The van der Waals surface area contributed by atoms with Gasteiger partial charge in [0.25, 0.3) is 0 Å². The molecule has 0 aromatic heterocycles. The lowest BCUT2D eigenvalue weighted by molar-refractivity contribution is -0.203. The van der Waals surface area contributed by atoms with E-state index in [4.69, 9.17) is 5.11 Å². The maximum Gasteiger partial charge on any atom is 0.416 e. The van der Waals surface area contributed by atoms with Crippen molar-refractivity contribution < 1.29 is 35.8 Å². The minimum Gasteiger partial charge on any atom is -0.383 e. The predicted molar refractivity (Wildman–Crippen MR) is 47.2 cm³/mol. The average molecular weight is 276 g/mol. The SMILES string of the molecule is OC(Cc1cc(C(F)(F)F)ccc1F)C(F)(F)F. The number of hydrogen-bond acceptors (Lipinski definition) is 1. The van der Waals surface area contributed by atoms with Gasteiger partial charge in [-0.1, -0.05) is 0 Å². The highest BCUT2D eigenvalue weighted by Gasteiger charge is 2.39. The topological polar surface area (TPSA) is 20.2 Å². The smallest absolute Gasteiger partial charge is 0.383 e. The van der Waals surface area contributed by atoms with E-state index in [1.54, 1.807) is 0 Å². The van der Waals surface area contributed by atoms with Crippen LogP contribution < -0.4 is 0 Å². The first-order chi connectivity index (χ1) is 8.01. The molecule has 1 aromatic rings. The van der Waals surface area contributed by atoms with Crippen LogP contribution in [0.2, 0.25) is 0 Å². The third kappa shape index (κ3) is 3.59. The lowest BCUT2D eigenvalue weighted by Crippen LogP contribution is -2.30. The van der Waals surface area contributed by atoms with E-state index in [-0.39, 0.29) is 6.07 Å². The van der Waals surface area contributed by atoms with Gasteiger partial charge in [-0.05, 0) is 23.8 Å². The minimum absolute atomic E-state index is 0.254. The van der Waals surface area contributed by atoms with E-state index in [0.717, 1.165) is 0 Å². The Kier molecular flexibility index (Phi) is 3.89. The van der Waals surface area contributed by atoms with E-state index >= 15 is 0 Å². The first kappa shape index (κ1) is 14.7. The number of hydrogen-bond donors (Lipinski definition) is 1. The van der Waals surface area contributed by atoms with Gasteiger partial charge >= 0.3 is 12.4 Å². The summed E-state index contributed by atoms with van der Waals surface area (Å²) in [5.41, 5.74) is -2.11. The van der Waals surface area contributed by atoms with E-state index in [0.29, 0.717) is 12.1 Å². The molecule has 0 amide bonds. The summed E-state index contributed by atoms with van der Waals surface area (Å²) in [4.78, 5) is 0. The van der Waals surface area contributed by atoms with Gasteiger partial charge in [0.2, 0.25) is 0 Å². The molecule has 1 unspecified atom stereocenters. The molecule has 0 radical (unpaired) electrons. The Hall–Kier alpha value is -1.31. The number of alkyl halides is 6. The summed E-state index contributed by atoms with van der Waals surface area (Å²) in [6, 6.07) is 1.09. The highest BCUT2D eigenvalue weighted by Crippen LogP contribution is 2.31. The van der Waals surface area contributed by atoms with Crippen LogP contribution in [0, 0.1) is 5.82 Å². The summed E-state index contributed by atoms with van der Waals surface area (Å²) in [6.45, 7) is 0. The van der Waals surface area contributed by atoms with Gasteiger partial charge in [-0.3, -0.25) is 0 Å². The molecule has 1 atom stereocenters. The van der Waals surface area contributed by atoms with Gasteiger partial charge in [-0.15, -0.1) is 0 Å². The second kappa shape index (κ2) is 4.75. The Morgan fingerprint density at radius 1 is 1.06 bits per heavy atom. The number of aliphatic hydroxyl groups is 1. The lowest BCUT2D eigenvalue weighted by Gasteiger charge is -2.16. The fourth-order valence-electron chi connectivity index (χ4n) is 1.23. The van der Waals surface area contributed by atoms with E-state index in [1.807, 2.05) is 0 Å². The van der Waals surface area contributed by atoms with Gasteiger partial charge < -0.3 is 5.11 Å². The first-order valence-electron chi connectivity index (χ1n) is 4.62. The fraction of sp³-hybridized carbons (Fsp3) is 0.400. The molecule has 0 aliphatic rings. The van der Waals surface area contributed by atoms with Crippen molar-refractivity contribution in [3.8, 4) is 0 Å². The minimum atomic E-state index is -5.01. The summed E-state index contributed by atoms with van der Waals surface area (Å²) >= 11 is 0. The fourth-order valence-corrected chi connectivity index (χ4v) is 1.23. The molecule has 0 bridgehead atoms. The van der Waals surface area contributed by atoms with Crippen LogP contribution in [-0.4, -0.2) is 17.4 Å². The highest BCUT2D eigenvalue weighted by molar-refractivity contribution is 5.27. The van der Waals surface area contributed by atoms with Crippen molar-refractivity contribution in [1.29, 1.82) is 0 Å². The van der Waals surface area contributed by atoms with Crippen molar-refractivity contribution in [3.63, 3.8) is 0 Å². The molecule has 0 saturated heterocycles. The van der Waals surface area contributed by atoms with Gasteiger partial charge in [-0.2, -0.15) is 26.3 Å². The Morgan fingerprint density at radius 3 is 2.06 bits per heavy atom. The summed E-state index contributed by atoms with van der Waals surface area (Å²) in [5.74, 6) is -1.23. The first-order valence-corrected chi connectivity index (χ1v) is 4.62. The molecular formula is C10H7F7O. The summed E-state index contributed by atoms with van der Waals surface area (Å²) in [5, 5.41) is 8.68. The zero-order chi connectivity index (χ0) is 14.1. The van der Waals surface area contributed by atoms with Gasteiger partial charge in [0, 0.05) is 6.42 Å². The third-order valence-electron chi connectivity index (χ3n) is 2.16. The lowest BCUT2D eigenvalue weighted by atomic mass is 10.0. The summed E-state index contributed by atoms with van der Waals surface area (Å²) < 4.78 is 85.9. The van der Waals surface area contributed by atoms with Crippen LogP contribution in [0.3, 0.4) is 0 Å². The van der Waals surface area contributed by atoms with E-state index in [9.17, 15) is 30.7 Å². The Bertz CT molecular complexity index is 421. The van der Waals surface area contributed by atoms with Crippen LogP contribution in [0.25, 0.3) is 0 Å². The van der Waals surface area contributed by atoms with E-state index in [1.165, 1.54) is 0 Å². The molecule has 0 heterocycles. The summed E-state index contributed by atoms with van der Waals surface area (Å²) in [7, 11) is 0. The number of aliphatic hydroxyl groups excluding tert-OH is 1. The normalized spacial score (nSPS) is 14.7. The molecule has 18 heavy (non-hydrogen) atoms. The standard InChI is InChI=1S/C10H7F7O/c11-7-2-1-6(9(12,13)14)3-5(7)4-8(18)10(15,16)17/h1-3,8,18H,4H2. The maximum atomic E-state index is 13.1. The van der Waals surface area contributed by atoms with Gasteiger partial charge in [0.05, 0.1) is 5.56 Å². The van der Waals surface area contributed by atoms with Crippen molar-refractivity contribution in [3.05, 3.63) is 35.1 Å². The zero-order valence-corrected chi connectivity index (χ0v) is 8.61. The molecule has 0 aliphatic carbocycles. The molecule has 1 nitrogen and oxygen atoms in total. The molecule has 1 aromatic carbocycles. The second-order valence-corrected chi connectivity index (χ2v) is 3.57. The van der Waals surface area contributed by atoms with Crippen LogP contribution >= 0.6 is 0 Å². The predicted octanol–water partition coefficient (Wildman–Crippen LogP) is 3.31. The molecule has 1 rings (SSSR count). The van der Waals surface area contributed by atoms with Gasteiger partial charge in [0.15, 0.2) is 6.10 Å². The Morgan fingerprint density at radius 2 is 1.61 bits per heavy atom. The largest absolute Gasteiger partial charge is 0.416 e. The molecule has 1 N–H and O–H groups in total. The molecule has 0 aliphatic heterocycles. The van der Waals surface area contributed by atoms with Crippen LogP contribution in [-0.2, 0) is 12.6 Å². The highest BCUT2D eigenvalue weighted by atomic mass is 19.4. The van der Waals surface area contributed by atoms with E-state index in [2.05, 4.69) is 0 Å². The molecule has 0 spiro atoms. The molecule has 0 fully saturated rings. The van der Waals surface area contributed by atoms with Crippen LogP contribution in [0.15, 0.2) is 18.2 Å². The molecular weight excluding hydrogens is 269 g/mol. The number of rotatable bonds is 2. The van der Waals surface area contributed by atoms with Crippen molar-refractivity contribution in [2.24, 2.45) is 0 Å². The number of halogens is 7. The quantitative estimate of drug-likeness (QED) is 0.822. The number of benzene rings is 1. The summed E-state index contributed by atoms with van der Waals surface area (Å²) in [6.07, 6.45) is -14.0. The monoisotopic (exact) mass is 276 g/mol. The average Bonchev–Trinajstić information content (AvgIpc) is 2.18. The van der Waals surface area contributed by atoms with Crippen molar-refractivity contribution in [1.82, 2.24) is 0 Å². The Balaban J connectivity index is 3.03. The van der Waals surface area contributed by atoms with Crippen LogP contribution in [0.5, 0.6) is 0 Å². The molecule has 0 saturated carbocycles. The Labute approximate surface area is 96.8 Å². The van der Waals surface area contributed by atoms with Crippen molar-refractivity contribution in [2.75, 3.05) is 0 Å². The molecule has 102 valence electrons. The van der Waals surface area contributed by atoms with E-state index < -0.39 is 41.8 Å². The van der Waals surface area contributed by atoms with Crippen LogP contribution in [0.4, 0.5) is 30.7 Å². The van der Waals surface area contributed by atoms with Crippen LogP contribution in [0.1, 0.15) is 11.1 Å². The van der Waals surface area contributed by atoms with Gasteiger partial charge in [0.1, 0.15) is 5.82 Å². The second-order valence-electron chi connectivity index (χ2n) is 3.57. The van der Waals surface area contributed by atoms with Crippen molar-refractivity contribution in [2.45, 2.75) is 24.9 Å². The van der Waals surface area contributed by atoms with Crippen molar-refractivity contribution >= 4 is 0 Å².